The van der Waals surface area contributed by atoms with Gasteiger partial charge in [-0.25, -0.2) is 0 Å². The van der Waals surface area contributed by atoms with Gasteiger partial charge in [-0.05, 0) is 18.9 Å². The van der Waals surface area contributed by atoms with Crippen LogP contribution < -0.4 is 21.3 Å². The molecule has 5 amide bonds. The van der Waals surface area contributed by atoms with Gasteiger partial charge in [-0.15, -0.1) is 23.2 Å². The SMILES string of the molecule is CC[C@H]1NC(=O)[C@@H]2[C@H](Cl)[C@H](Cl)CN2C(=O)[C@H](C(C)O)NC(=O)C[C@H](c2ccccc2)NC(=O)[C@H](CO)NC1=O. The third-order valence-electron chi connectivity index (χ3n) is 6.74. The molecule has 1 aromatic rings. The van der Waals surface area contributed by atoms with Crippen molar-refractivity contribution in [3.63, 3.8) is 0 Å². The zero-order valence-electron chi connectivity index (χ0n) is 21.5. The van der Waals surface area contributed by atoms with Crippen LogP contribution in [0.3, 0.4) is 0 Å². The largest absolute Gasteiger partial charge is 0.394 e. The maximum Gasteiger partial charge on any atom is 0.248 e. The van der Waals surface area contributed by atoms with Gasteiger partial charge in [0.05, 0.1) is 35.9 Å². The number of aliphatic hydroxyl groups excluding tert-OH is 2. The summed E-state index contributed by atoms with van der Waals surface area (Å²) in [6, 6.07) is 2.37. The molecule has 3 rings (SSSR count). The van der Waals surface area contributed by atoms with Crippen molar-refractivity contribution in [3.05, 3.63) is 35.9 Å². The molecule has 8 atom stereocenters. The first kappa shape index (κ1) is 30.6. The lowest BCUT2D eigenvalue weighted by Gasteiger charge is -2.32. The fraction of sp³-hybridized carbons (Fsp3) is 0.560. The standard InChI is InChI=1S/C25H33Cl2N5O7/c1-3-15-22(36)30-17(11-33)23(37)29-16(13-7-5-4-6-8-13)9-18(35)31-20(12(2)34)25(39)32-10-14(26)19(27)21(32)24(38)28-15/h4-8,12,14-17,19-21,33-34H,3,9-11H2,1-2H3,(H,28,38)(H,29,37)(H,30,36)(H,31,35)/t12?,14-,15-,16-,17+,19-,20+,21+/m1/s1. The van der Waals surface area contributed by atoms with Gasteiger partial charge in [0.1, 0.15) is 24.2 Å². The van der Waals surface area contributed by atoms with Gasteiger partial charge in [0.2, 0.25) is 29.5 Å². The molecule has 0 radical (unpaired) electrons. The van der Waals surface area contributed by atoms with Gasteiger partial charge in [0.25, 0.3) is 0 Å². The van der Waals surface area contributed by atoms with Crippen molar-refractivity contribution < 1.29 is 34.2 Å². The first-order valence-corrected chi connectivity index (χ1v) is 13.5. The number of benzene rings is 1. The highest BCUT2D eigenvalue weighted by atomic mass is 35.5. The van der Waals surface area contributed by atoms with E-state index < -0.39 is 83.2 Å². The molecule has 2 saturated heterocycles. The van der Waals surface area contributed by atoms with Gasteiger partial charge < -0.3 is 36.4 Å². The molecule has 39 heavy (non-hydrogen) atoms. The van der Waals surface area contributed by atoms with Gasteiger partial charge in [-0.3, -0.25) is 24.0 Å². The topological polar surface area (TPSA) is 177 Å². The molecule has 14 heteroatoms. The van der Waals surface area contributed by atoms with E-state index in [-0.39, 0.29) is 19.4 Å². The second-order valence-corrected chi connectivity index (χ2v) is 10.6. The lowest BCUT2D eigenvalue weighted by atomic mass is 10.0. The summed E-state index contributed by atoms with van der Waals surface area (Å²) in [5.74, 6) is -3.75. The zero-order chi connectivity index (χ0) is 28.9. The summed E-state index contributed by atoms with van der Waals surface area (Å²) in [5.41, 5.74) is 0.554. The zero-order valence-corrected chi connectivity index (χ0v) is 23.0. The number of carbonyl (C=O) groups is 5. The second-order valence-electron chi connectivity index (χ2n) is 9.57. The molecular weight excluding hydrogens is 553 g/mol. The van der Waals surface area contributed by atoms with Crippen LogP contribution in [0.5, 0.6) is 0 Å². The van der Waals surface area contributed by atoms with Crippen LogP contribution >= 0.6 is 23.2 Å². The Morgan fingerprint density at radius 2 is 1.56 bits per heavy atom. The Morgan fingerprint density at radius 1 is 0.949 bits per heavy atom. The molecule has 12 nitrogen and oxygen atoms in total. The molecule has 2 heterocycles. The van der Waals surface area contributed by atoms with Crippen LogP contribution in [0.1, 0.15) is 38.3 Å². The number of nitrogens with zero attached hydrogens (tertiary/aromatic N) is 1. The third-order valence-corrected chi connectivity index (χ3v) is 7.82. The summed E-state index contributed by atoms with van der Waals surface area (Å²) in [6.07, 6.45) is -1.57. The van der Waals surface area contributed by atoms with Gasteiger partial charge in [0, 0.05) is 6.54 Å². The number of fused-ring (bicyclic) bond motifs is 1. The molecule has 2 fully saturated rings. The minimum atomic E-state index is -1.45. The maximum absolute atomic E-state index is 13.5. The van der Waals surface area contributed by atoms with Crippen LogP contribution in [0.25, 0.3) is 0 Å². The van der Waals surface area contributed by atoms with Crippen LogP contribution in [-0.2, 0) is 24.0 Å². The van der Waals surface area contributed by atoms with Crippen molar-refractivity contribution in [1.82, 2.24) is 26.2 Å². The van der Waals surface area contributed by atoms with E-state index >= 15 is 0 Å². The number of nitrogens with one attached hydrogen (secondary N) is 4. The van der Waals surface area contributed by atoms with Gasteiger partial charge in [0.15, 0.2) is 0 Å². The number of hydrogen-bond acceptors (Lipinski definition) is 7. The summed E-state index contributed by atoms with van der Waals surface area (Å²) in [5, 5.41) is 28.5. The molecule has 2 aliphatic heterocycles. The molecule has 214 valence electrons. The predicted molar refractivity (Wildman–Crippen MR) is 142 cm³/mol. The molecule has 6 N–H and O–H groups in total. The monoisotopic (exact) mass is 585 g/mol. The lowest BCUT2D eigenvalue weighted by Crippen LogP contribution is -2.61. The fourth-order valence-corrected chi connectivity index (χ4v) is 5.17. The van der Waals surface area contributed by atoms with E-state index in [1.54, 1.807) is 37.3 Å². The summed E-state index contributed by atoms with van der Waals surface area (Å²) in [6.45, 7) is 2.05. The quantitative estimate of drug-likeness (QED) is 0.243. The normalized spacial score (nSPS) is 32.0. The van der Waals surface area contributed by atoms with E-state index in [0.717, 1.165) is 4.90 Å². The van der Waals surface area contributed by atoms with Gasteiger partial charge >= 0.3 is 0 Å². The van der Waals surface area contributed by atoms with Crippen molar-refractivity contribution in [2.45, 2.75) is 73.8 Å². The first-order valence-electron chi connectivity index (χ1n) is 12.6. The Morgan fingerprint density at radius 3 is 2.15 bits per heavy atom. The Bertz CT molecular complexity index is 1080. The molecule has 0 saturated carbocycles. The van der Waals surface area contributed by atoms with Crippen LogP contribution in [-0.4, -0.2) is 98.8 Å². The molecule has 0 aliphatic carbocycles. The van der Waals surface area contributed by atoms with E-state index in [0.29, 0.717) is 5.56 Å². The minimum absolute atomic E-state index is 0.119. The molecule has 1 aromatic carbocycles. The molecule has 0 spiro atoms. The van der Waals surface area contributed by atoms with Crippen LogP contribution in [0.15, 0.2) is 30.3 Å². The van der Waals surface area contributed by atoms with Crippen molar-refractivity contribution in [2.75, 3.05) is 13.2 Å². The fourth-order valence-electron chi connectivity index (χ4n) is 4.56. The molecule has 1 unspecified atom stereocenters. The first-order chi connectivity index (χ1) is 18.5. The number of carbonyl (C=O) groups excluding carboxylic acids is 5. The van der Waals surface area contributed by atoms with E-state index in [1.165, 1.54) is 6.92 Å². The number of aliphatic hydroxyl groups is 2. The number of amides is 5. The number of halogens is 2. The Balaban J connectivity index is 2.03. The number of hydrogen-bond donors (Lipinski definition) is 6. The van der Waals surface area contributed by atoms with E-state index in [9.17, 15) is 34.2 Å². The minimum Gasteiger partial charge on any atom is -0.394 e. The highest BCUT2D eigenvalue weighted by Gasteiger charge is 2.49. The van der Waals surface area contributed by atoms with Crippen molar-refractivity contribution in [2.24, 2.45) is 0 Å². The second kappa shape index (κ2) is 13.4. The summed E-state index contributed by atoms with van der Waals surface area (Å²) >= 11 is 12.7. The van der Waals surface area contributed by atoms with Gasteiger partial charge in [-0.1, -0.05) is 37.3 Å². The van der Waals surface area contributed by atoms with Crippen molar-refractivity contribution in [3.8, 4) is 0 Å². The smallest absolute Gasteiger partial charge is 0.248 e. The Labute approximate surface area is 235 Å². The third kappa shape index (κ3) is 7.18. The van der Waals surface area contributed by atoms with Crippen molar-refractivity contribution >= 4 is 52.7 Å². The van der Waals surface area contributed by atoms with Crippen LogP contribution in [0.4, 0.5) is 0 Å². The van der Waals surface area contributed by atoms with Crippen LogP contribution in [0, 0.1) is 0 Å². The highest BCUT2D eigenvalue weighted by Crippen LogP contribution is 2.29. The average Bonchev–Trinajstić information content (AvgIpc) is 3.21. The summed E-state index contributed by atoms with van der Waals surface area (Å²) in [4.78, 5) is 67.0. The van der Waals surface area contributed by atoms with Gasteiger partial charge in [-0.2, -0.15) is 0 Å². The number of rotatable bonds is 4. The predicted octanol–water partition coefficient (Wildman–Crippen LogP) is -1.09. The van der Waals surface area contributed by atoms with E-state index in [4.69, 9.17) is 23.2 Å². The van der Waals surface area contributed by atoms with Crippen LogP contribution in [0.2, 0.25) is 0 Å². The Hall–Kier alpha value is -2.93. The highest BCUT2D eigenvalue weighted by molar-refractivity contribution is 6.32. The molecule has 0 aromatic heterocycles. The van der Waals surface area contributed by atoms with E-state index in [1.807, 2.05) is 0 Å². The molecule has 2 aliphatic rings. The molecular formula is C25H33Cl2N5O7. The summed E-state index contributed by atoms with van der Waals surface area (Å²) < 4.78 is 0. The lowest BCUT2D eigenvalue weighted by molar-refractivity contribution is -0.144. The maximum atomic E-state index is 13.5. The Kier molecular flexibility index (Phi) is 10.5. The number of alkyl halides is 2. The van der Waals surface area contributed by atoms with E-state index in [2.05, 4.69) is 21.3 Å². The molecule has 0 bridgehead atoms. The van der Waals surface area contributed by atoms with Crippen molar-refractivity contribution in [1.29, 1.82) is 0 Å². The average molecular weight is 586 g/mol. The summed E-state index contributed by atoms with van der Waals surface area (Å²) in [7, 11) is 0.